The first-order chi connectivity index (χ1) is 6.61. The van der Waals surface area contributed by atoms with Gasteiger partial charge in [-0.15, -0.1) is 11.3 Å². The predicted octanol–water partition coefficient (Wildman–Crippen LogP) is 1.93. The first-order valence-corrected chi connectivity index (χ1v) is 4.68. The zero-order chi connectivity index (χ0) is 10.6. The van der Waals surface area contributed by atoms with E-state index in [9.17, 15) is 9.59 Å². The Balaban J connectivity index is 2.76. The Morgan fingerprint density at radius 3 is 2.71 bits per heavy atom. The highest BCUT2D eigenvalue weighted by Crippen LogP contribution is 2.18. The highest BCUT2D eigenvalue weighted by molar-refractivity contribution is 7.11. The Morgan fingerprint density at radius 2 is 2.14 bits per heavy atom. The average Bonchev–Trinajstić information content (AvgIpc) is 2.51. The van der Waals surface area contributed by atoms with E-state index < -0.39 is 11.9 Å². The molecule has 74 valence electrons. The third kappa shape index (κ3) is 2.70. The summed E-state index contributed by atoms with van der Waals surface area (Å²) in [6.45, 7) is 0. The van der Waals surface area contributed by atoms with Crippen LogP contribution in [0.4, 0.5) is 0 Å². The SMILES string of the molecule is O=C(O)CC=Cc1sccc1C(=O)O. The fourth-order valence-electron chi connectivity index (χ4n) is 0.894. The summed E-state index contributed by atoms with van der Waals surface area (Å²) in [5.41, 5.74) is 0.205. The van der Waals surface area contributed by atoms with E-state index in [0.717, 1.165) is 0 Å². The third-order valence-corrected chi connectivity index (χ3v) is 2.37. The zero-order valence-electron chi connectivity index (χ0n) is 7.14. The fourth-order valence-corrected chi connectivity index (χ4v) is 1.70. The molecule has 0 aromatic carbocycles. The summed E-state index contributed by atoms with van der Waals surface area (Å²) in [7, 11) is 0. The van der Waals surface area contributed by atoms with Crippen molar-refractivity contribution < 1.29 is 19.8 Å². The molecule has 2 N–H and O–H groups in total. The number of carboxylic acids is 2. The molecular weight excluding hydrogens is 204 g/mol. The van der Waals surface area contributed by atoms with Crippen molar-refractivity contribution >= 4 is 29.4 Å². The molecule has 1 aromatic rings. The summed E-state index contributed by atoms with van der Waals surface area (Å²) >= 11 is 1.27. The van der Waals surface area contributed by atoms with Crippen molar-refractivity contribution in [3.05, 3.63) is 28.0 Å². The van der Waals surface area contributed by atoms with Crippen LogP contribution < -0.4 is 0 Å². The van der Waals surface area contributed by atoms with Crippen LogP contribution in [0.15, 0.2) is 17.5 Å². The molecule has 0 aliphatic heterocycles. The first kappa shape index (κ1) is 10.5. The highest BCUT2D eigenvalue weighted by Gasteiger charge is 2.08. The summed E-state index contributed by atoms with van der Waals surface area (Å²) in [5, 5.41) is 18.7. The maximum absolute atomic E-state index is 10.6. The van der Waals surface area contributed by atoms with Crippen molar-refractivity contribution in [2.24, 2.45) is 0 Å². The second kappa shape index (κ2) is 4.57. The number of aromatic carboxylic acids is 1. The quantitative estimate of drug-likeness (QED) is 0.799. The van der Waals surface area contributed by atoms with Crippen molar-refractivity contribution in [1.29, 1.82) is 0 Å². The molecule has 4 nitrogen and oxygen atoms in total. The van der Waals surface area contributed by atoms with Crippen LogP contribution >= 0.6 is 11.3 Å². The Hall–Kier alpha value is -1.62. The van der Waals surface area contributed by atoms with E-state index >= 15 is 0 Å². The second-order valence-electron chi connectivity index (χ2n) is 2.50. The summed E-state index contributed by atoms with van der Waals surface area (Å²) in [5.74, 6) is -1.93. The lowest BCUT2D eigenvalue weighted by molar-refractivity contribution is -0.135. The largest absolute Gasteiger partial charge is 0.481 e. The van der Waals surface area contributed by atoms with E-state index in [1.54, 1.807) is 5.38 Å². The average molecular weight is 212 g/mol. The number of hydrogen-bond acceptors (Lipinski definition) is 3. The smallest absolute Gasteiger partial charge is 0.337 e. The molecule has 0 radical (unpaired) electrons. The summed E-state index contributed by atoms with van der Waals surface area (Å²) in [6.07, 6.45) is 2.85. The number of carbonyl (C=O) groups is 2. The molecule has 0 aliphatic rings. The van der Waals surface area contributed by atoms with E-state index in [4.69, 9.17) is 10.2 Å². The molecule has 5 heteroatoms. The second-order valence-corrected chi connectivity index (χ2v) is 3.45. The molecule has 0 unspecified atom stereocenters. The van der Waals surface area contributed by atoms with Gasteiger partial charge in [-0.3, -0.25) is 4.79 Å². The van der Waals surface area contributed by atoms with Gasteiger partial charge < -0.3 is 10.2 Å². The number of carboxylic acid groups (broad SMARTS) is 2. The third-order valence-electron chi connectivity index (χ3n) is 1.49. The van der Waals surface area contributed by atoms with Crippen molar-refractivity contribution in [2.75, 3.05) is 0 Å². The molecule has 0 fully saturated rings. The van der Waals surface area contributed by atoms with Gasteiger partial charge in [-0.25, -0.2) is 4.79 Å². The van der Waals surface area contributed by atoms with Crippen LogP contribution in [0.5, 0.6) is 0 Å². The van der Waals surface area contributed by atoms with Gasteiger partial charge in [0.05, 0.1) is 12.0 Å². The van der Waals surface area contributed by atoms with Crippen LogP contribution in [0.1, 0.15) is 21.7 Å². The molecule has 0 aliphatic carbocycles. The van der Waals surface area contributed by atoms with Crippen LogP contribution in [-0.2, 0) is 4.79 Å². The van der Waals surface area contributed by atoms with E-state index in [-0.39, 0.29) is 12.0 Å². The van der Waals surface area contributed by atoms with Gasteiger partial charge in [0.2, 0.25) is 0 Å². The number of rotatable bonds is 4. The predicted molar refractivity (Wildman–Crippen MR) is 52.6 cm³/mol. The Morgan fingerprint density at radius 1 is 1.43 bits per heavy atom. The molecule has 0 saturated heterocycles. The lowest BCUT2D eigenvalue weighted by atomic mass is 10.2. The molecule has 0 spiro atoms. The van der Waals surface area contributed by atoms with Gasteiger partial charge in [0.1, 0.15) is 0 Å². The number of thiophene rings is 1. The molecule has 14 heavy (non-hydrogen) atoms. The lowest BCUT2D eigenvalue weighted by Gasteiger charge is -1.90. The van der Waals surface area contributed by atoms with E-state index in [1.165, 1.54) is 29.6 Å². The molecule has 0 bridgehead atoms. The van der Waals surface area contributed by atoms with Gasteiger partial charge in [-0.1, -0.05) is 6.08 Å². The monoisotopic (exact) mass is 212 g/mol. The van der Waals surface area contributed by atoms with Gasteiger partial charge in [-0.05, 0) is 17.5 Å². The lowest BCUT2D eigenvalue weighted by Crippen LogP contribution is -1.95. The molecular formula is C9H8O4S. The topological polar surface area (TPSA) is 74.6 Å². The van der Waals surface area contributed by atoms with Gasteiger partial charge in [0.25, 0.3) is 0 Å². The maximum atomic E-state index is 10.6. The van der Waals surface area contributed by atoms with E-state index in [1.807, 2.05) is 0 Å². The van der Waals surface area contributed by atoms with Crippen LogP contribution in [-0.4, -0.2) is 22.2 Å². The molecule has 0 saturated carbocycles. The molecule has 1 heterocycles. The van der Waals surface area contributed by atoms with Crippen molar-refractivity contribution in [3.8, 4) is 0 Å². The van der Waals surface area contributed by atoms with Crippen LogP contribution in [0.3, 0.4) is 0 Å². The minimum Gasteiger partial charge on any atom is -0.481 e. The molecule has 1 aromatic heterocycles. The summed E-state index contributed by atoms with van der Waals surface area (Å²) in [6, 6.07) is 1.49. The Kier molecular flexibility index (Phi) is 3.41. The first-order valence-electron chi connectivity index (χ1n) is 3.80. The zero-order valence-corrected chi connectivity index (χ0v) is 7.95. The van der Waals surface area contributed by atoms with Crippen molar-refractivity contribution in [1.82, 2.24) is 0 Å². The van der Waals surface area contributed by atoms with Gasteiger partial charge in [0, 0.05) is 4.88 Å². The Labute approximate surface area is 84.1 Å². The van der Waals surface area contributed by atoms with Gasteiger partial charge in [0.15, 0.2) is 0 Å². The summed E-state index contributed by atoms with van der Waals surface area (Å²) in [4.78, 5) is 21.4. The minimum absolute atomic E-state index is 0.100. The van der Waals surface area contributed by atoms with Gasteiger partial charge >= 0.3 is 11.9 Å². The molecule has 0 atom stereocenters. The maximum Gasteiger partial charge on any atom is 0.337 e. The van der Waals surface area contributed by atoms with E-state index in [2.05, 4.69) is 0 Å². The van der Waals surface area contributed by atoms with Crippen LogP contribution in [0, 0.1) is 0 Å². The van der Waals surface area contributed by atoms with Crippen LogP contribution in [0.25, 0.3) is 6.08 Å². The normalized spacial score (nSPS) is 10.6. The standard InChI is InChI=1S/C9H8O4S/c10-8(11)3-1-2-7-6(9(12)13)4-5-14-7/h1-2,4-5H,3H2,(H,10,11)(H,12,13). The van der Waals surface area contributed by atoms with Crippen LogP contribution in [0.2, 0.25) is 0 Å². The van der Waals surface area contributed by atoms with Gasteiger partial charge in [-0.2, -0.15) is 0 Å². The van der Waals surface area contributed by atoms with Crippen molar-refractivity contribution in [2.45, 2.75) is 6.42 Å². The minimum atomic E-state index is -0.999. The van der Waals surface area contributed by atoms with Crippen molar-refractivity contribution in [3.63, 3.8) is 0 Å². The molecule has 0 amide bonds. The highest BCUT2D eigenvalue weighted by atomic mass is 32.1. The summed E-state index contributed by atoms with van der Waals surface area (Å²) < 4.78 is 0. The number of aliphatic carboxylic acids is 1. The molecule has 1 rings (SSSR count). The van der Waals surface area contributed by atoms with E-state index in [0.29, 0.717) is 4.88 Å². The number of hydrogen-bond donors (Lipinski definition) is 2. The fraction of sp³-hybridized carbons (Fsp3) is 0.111. The Bertz CT molecular complexity index is 378.